The molecule has 9 N–H and O–H groups in total. The van der Waals surface area contributed by atoms with Crippen LogP contribution in [0.25, 0.3) is 86.7 Å². The zero-order valence-corrected chi connectivity index (χ0v) is 75.1. The highest BCUT2D eigenvalue weighted by atomic mass is 16.5. The molecule has 15 aromatic rings. The van der Waals surface area contributed by atoms with Crippen LogP contribution < -0.4 is 23.7 Å². The van der Waals surface area contributed by atoms with Gasteiger partial charge in [0.25, 0.3) is 0 Å². The molecule has 0 amide bonds. The van der Waals surface area contributed by atoms with Gasteiger partial charge in [0.2, 0.25) is 0 Å². The van der Waals surface area contributed by atoms with Crippen molar-refractivity contribution in [3.63, 3.8) is 0 Å². The van der Waals surface area contributed by atoms with Gasteiger partial charge in [0.15, 0.2) is 28.9 Å². The van der Waals surface area contributed by atoms with Crippen LogP contribution in [0.5, 0.6) is 28.7 Å². The van der Waals surface area contributed by atoms with Gasteiger partial charge in [-0.1, -0.05) is 91.0 Å². The topological polar surface area (TPSA) is 356 Å². The predicted octanol–water partition coefficient (Wildman–Crippen LogP) is 20.3. The van der Waals surface area contributed by atoms with Crippen molar-refractivity contribution in [2.75, 3.05) is 35.5 Å². The molecule has 15 rings (SSSR count). The van der Waals surface area contributed by atoms with Crippen LogP contribution in [-0.2, 0) is 26.4 Å². The molecule has 0 fully saturated rings. The number of aromatic amines is 5. The highest BCUT2D eigenvalue weighted by Gasteiger charge is 2.16. The van der Waals surface area contributed by atoms with Gasteiger partial charge in [-0.3, -0.25) is 49.5 Å². The van der Waals surface area contributed by atoms with Crippen LogP contribution in [0, 0.1) is 55.4 Å². The summed E-state index contributed by atoms with van der Waals surface area (Å²) < 4.78 is 26.1. The maximum atomic E-state index is 12.4. The molecule has 0 bridgehead atoms. The number of ether oxygens (including phenoxy) is 5. The largest absolute Gasteiger partial charge is 0.497 e. The van der Waals surface area contributed by atoms with Gasteiger partial charge < -0.3 is 44.1 Å². The molecule has 131 heavy (non-hydrogen) atoms. The highest BCUT2D eigenvalue weighted by molar-refractivity contribution is 6.09. The van der Waals surface area contributed by atoms with Crippen molar-refractivity contribution in [2.45, 2.75) is 81.8 Å². The van der Waals surface area contributed by atoms with Gasteiger partial charge in [0.05, 0.1) is 119 Å². The van der Waals surface area contributed by atoms with Gasteiger partial charge >= 0.3 is 0 Å². The van der Waals surface area contributed by atoms with Crippen molar-refractivity contribution in [1.29, 1.82) is 0 Å². The second-order valence-corrected chi connectivity index (χ2v) is 30.6. The molecule has 0 aliphatic heterocycles. The second-order valence-electron chi connectivity index (χ2n) is 30.6. The van der Waals surface area contributed by atoms with Crippen LogP contribution >= 0.6 is 0 Å². The maximum absolute atomic E-state index is 12.4. The minimum absolute atomic E-state index is 0.00886. The van der Waals surface area contributed by atoms with Crippen molar-refractivity contribution < 1.29 is 68.1 Å². The van der Waals surface area contributed by atoms with E-state index in [2.05, 4.69) is 83.0 Å². The molecule has 24 heteroatoms. The number of aryl methyl sites for hydroxylation is 8. The number of hydrogen-bond donors (Lipinski definition) is 9. The van der Waals surface area contributed by atoms with Crippen LogP contribution in [0.2, 0.25) is 0 Å². The number of carbonyl (C=O) groups excluding carboxylic acids is 5. The molecule has 0 spiro atoms. The van der Waals surface area contributed by atoms with Crippen LogP contribution in [0.1, 0.15) is 147 Å². The Morgan fingerprint density at radius 2 is 0.565 bits per heavy atom. The van der Waals surface area contributed by atoms with E-state index in [1.807, 2.05) is 175 Å². The number of allylic oxidation sites excluding steroid dienone is 5. The standard InChI is InChI=1S/2C22H22N2O4.C22H22N2O.C21H20N2O3.C20H18N2O2/c1-14-8-16(4-7-22(14)28-3)21(26)6-5-18-12-20(24-23-18)17-9-15(13-25)10-19(11-17)27-2;1-14-9-16(5-8-22(14)28-2)21(27)7-6-19-11-20(24-23-19)15-3-4-17(12-25)18(10-15)13-26;1-14-5-7-18(11-16(14)3)21-13-20(23-24-21)9-10-22(25)19-8-6-15(2)17(4)12-19;1-14-11-17(7-10-21(14)26-2)20(25)9-8-18-12-19(23-22-18)16-5-3-15(13-24)4-6-16;1-14-12-16(8-11-20(14)24-2)19(23)10-9-17-13-18(22-21-17)15-6-4-3-5-7-15/h4-12,25H,13H2,1-3H3,(H,23,24);3-11,25-26H,12-13H2,1-2H3,(H,23,24);5-13H,1-4H3,(H,23,24);3-12,24H,13H2,1-2H3,(H,22,23);3-13H,1-2H3,(H,21,22)/b6-5+;7-6+;10-9+;9-8+;10-9+. The van der Waals surface area contributed by atoms with Gasteiger partial charge in [0.1, 0.15) is 28.7 Å². The number of nitrogens with zero attached hydrogens (tertiary/aromatic N) is 5. The molecule has 0 aliphatic carbocycles. The number of H-pyrrole nitrogens is 5. The summed E-state index contributed by atoms with van der Waals surface area (Å²) in [6.07, 6.45) is 16.2. The number of carbonyl (C=O) groups is 5. The van der Waals surface area contributed by atoms with Crippen LogP contribution in [-0.4, -0.2) is 136 Å². The number of hydrogen-bond acceptors (Lipinski definition) is 19. The molecule has 5 aromatic heterocycles. The Morgan fingerprint density at radius 1 is 0.260 bits per heavy atom. The first-order valence-electron chi connectivity index (χ1n) is 41.8. The van der Waals surface area contributed by atoms with E-state index in [0.29, 0.717) is 67.5 Å². The zero-order chi connectivity index (χ0) is 93.6. The third-order valence-electron chi connectivity index (χ3n) is 21.4. The van der Waals surface area contributed by atoms with E-state index in [0.717, 1.165) is 124 Å². The molecule has 5 heterocycles. The Kier molecular flexibility index (Phi) is 34.0. The van der Waals surface area contributed by atoms with Crippen molar-refractivity contribution in [1.82, 2.24) is 51.0 Å². The summed E-state index contributed by atoms with van der Waals surface area (Å²) in [5.41, 5.74) is 26.8. The fourth-order valence-corrected chi connectivity index (χ4v) is 13.6. The molecule has 0 atom stereocenters. The van der Waals surface area contributed by atoms with E-state index in [4.69, 9.17) is 28.8 Å². The van der Waals surface area contributed by atoms with Gasteiger partial charge in [-0.05, 0) is 322 Å². The smallest absolute Gasteiger partial charge is 0.185 e. The number of methoxy groups -OCH3 is 5. The van der Waals surface area contributed by atoms with Gasteiger partial charge in [-0.25, -0.2) is 0 Å². The summed E-state index contributed by atoms with van der Waals surface area (Å²) >= 11 is 0. The van der Waals surface area contributed by atoms with Crippen LogP contribution in [0.3, 0.4) is 0 Å². The lowest BCUT2D eigenvalue weighted by Crippen LogP contribution is -1.96. The van der Waals surface area contributed by atoms with Crippen molar-refractivity contribution >= 4 is 59.3 Å². The molecule has 0 unspecified atom stereocenters. The molecule has 24 nitrogen and oxygen atoms in total. The molecule has 0 aliphatic rings. The minimum atomic E-state index is -0.156. The normalized spacial score (nSPS) is 11.1. The lowest BCUT2D eigenvalue weighted by atomic mass is 10.0. The Labute approximate surface area is 760 Å². The fraction of sp³-hybridized carbons (Fsp3) is 0.159. The predicted molar refractivity (Wildman–Crippen MR) is 513 cm³/mol. The van der Waals surface area contributed by atoms with E-state index in [-0.39, 0.29) is 55.3 Å². The lowest BCUT2D eigenvalue weighted by molar-refractivity contribution is 0.103. The van der Waals surface area contributed by atoms with Crippen molar-refractivity contribution in [3.05, 3.63) is 384 Å². The summed E-state index contributed by atoms with van der Waals surface area (Å²) in [5.74, 6) is 3.30. The molecular formula is C107H104N10O14. The van der Waals surface area contributed by atoms with E-state index in [1.165, 1.54) is 34.9 Å². The average Bonchev–Trinajstić information content (AvgIpc) is 1.78. The number of benzene rings is 10. The van der Waals surface area contributed by atoms with E-state index in [9.17, 15) is 39.3 Å². The summed E-state index contributed by atoms with van der Waals surface area (Å²) in [7, 11) is 8.00. The van der Waals surface area contributed by atoms with Gasteiger partial charge in [-0.2, -0.15) is 25.5 Å². The minimum Gasteiger partial charge on any atom is -0.497 e. The quantitative estimate of drug-likeness (QED) is 0.0155. The Bertz CT molecular complexity index is 6650. The lowest BCUT2D eigenvalue weighted by Gasteiger charge is -2.06. The van der Waals surface area contributed by atoms with Crippen molar-refractivity contribution in [2.24, 2.45) is 0 Å². The van der Waals surface area contributed by atoms with E-state index < -0.39 is 0 Å². The molecule has 0 radical (unpaired) electrons. The number of ketones is 5. The number of rotatable bonds is 29. The first-order valence-corrected chi connectivity index (χ1v) is 41.8. The zero-order valence-electron chi connectivity index (χ0n) is 75.1. The molecule has 10 aromatic carbocycles. The molecule has 0 saturated carbocycles. The third-order valence-corrected chi connectivity index (χ3v) is 21.4. The maximum Gasteiger partial charge on any atom is 0.185 e. The molecular weight excluding hydrogens is 1650 g/mol. The Balaban J connectivity index is 0.000000158. The van der Waals surface area contributed by atoms with Gasteiger partial charge in [0, 0.05) is 55.6 Å². The summed E-state index contributed by atoms with van der Waals surface area (Å²) in [5, 5.41) is 73.3. The summed E-state index contributed by atoms with van der Waals surface area (Å²) in [6.45, 7) is 15.5. The van der Waals surface area contributed by atoms with E-state index >= 15 is 0 Å². The van der Waals surface area contributed by atoms with Crippen LogP contribution in [0.15, 0.2) is 261 Å². The fourth-order valence-electron chi connectivity index (χ4n) is 13.6. The summed E-state index contributed by atoms with van der Waals surface area (Å²) in [4.78, 5) is 61.7. The molecule has 666 valence electrons. The van der Waals surface area contributed by atoms with Crippen LogP contribution in [0.4, 0.5) is 0 Å². The second kappa shape index (κ2) is 46.6. The Morgan fingerprint density at radius 3 is 0.893 bits per heavy atom. The Hall–Kier alpha value is -15.9. The monoisotopic (exact) mass is 1750 g/mol. The number of nitrogens with one attached hydrogen (secondary N) is 5. The summed E-state index contributed by atoms with van der Waals surface area (Å²) in [6, 6.07) is 71.1. The number of aliphatic hydroxyl groups is 4. The van der Waals surface area contributed by atoms with E-state index in [1.54, 1.807) is 157 Å². The first-order chi connectivity index (χ1) is 63.3. The first kappa shape index (κ1) is 95.8. The van der Waals surface area contributed by atoms with Gasteiger partial charge in [-0.15, -0.1) is 0 Å². The van der Waals surface area contributed by atoms with Crippen molar-refractivity contribution in [3.8, 4) is 85.0 Å². The number of aliphatic hydroxyl groups excluding tert-OH is 4. The number of aromatic nitrogens is 10. The average molecular weight is 1750 g/mol. The SMILES string of the molecule is COc1cc(CO)cc(-c2cc(/C=C/C(=O)c3ccc(OC)c(C)c3)[nH]n2)c1.COc1ccc(C(=O)/C=C/c2cc(-c3ccc(CO)c(CO)c3)n[nH]2)cc1C.COc1ccc(C(=O)/C=C/c2cc(-c3ccc(CO)cc3)n[nH]2)cc1C.COc1ccc(C(=O)/C=C/c2cc(-c3ccccc3)n[nH]2)cc1C.Cc1ccc(C(=O)/C=C/c2cc(-c3ccc(C)c(C)c3)n[nH]2)cc1C. The molecule has 0 saturated heterocycles. The third kappa shape index (κ3) is 26.4. The highest BCUT2D eigenvalue weighted by Crippen LogP contribution is 2.31.